The molecule has 0 spiro atoms. The second-order valence-corrected chi connectivity index (χ2v) is 25.9. The highest BCUT2D eigenvalue weighted by molar-refractivity contribution is 7.88. The van der Waals surface area contributed by atoms with Crippen molar-refractivity contribution in [2.24, 2.45) is 39.2 Å². The summed E-state index contributed by atoms with van der Waals surface area (Å²) in [5.41, 5.74) is 5.13. The van der Waals surface area contributed by atoms with E-state index in [2.05, 4.69) is 26.0 Å². The minimum atomic E-state index is -3.55. The smallest absolute Gasteiger partial charge is 0.337 e. The number of likely N-dealkylation sites (N-methyl/N-ethyl adjacent to an activating group) is 2. The van der Waals surface area contributed by atoms with Crippen molar-refractivity contribution in [1.29, 1.82) is 0 Å². The third kappa shape index (κ3) is 17.9. The molecule has 2 unspecified atom stereocenters. The van der Waals surface area contributed by atoms with E-state index in [9.17, 15) is 49.6 Å². The van der Waals surface area contributed by atoms with Crippen LogP contribution >= 0.6 is 12.4 Å². The van der Waals surface area contributed by atoms with Gasteiger partial charge in [0, 0.05) is 58.8 Å². The Morgan fingerprint density at radius 1 is 0.838 bits per heavy atom. The maximum Gasteiger partial charge on any atom is 0.337 e. The van der Waals surface area contributed by atoms with E-state index in [4.69, 9.17) is 5.73 Å². The van der Waals surface area contributed by atoms with Crippen molar-refractivity contribution in [3.8, 4) is 0 Å². The fourth-order valence-electron chi connectivity index (χ4n) is 7.62. The highest BCUT2D eigenvalue weighted by Gasteiger charge is 2.70. The maximum absolute atomic E-state index is 14.4. The lowest BCUT2D eigenvalue weighted by atomic mass is 9.85. The lowest BCUT2D eigenvalue weighted by Gasteiger charge is -2.39. The molecule has 0 bridgehead atoms. The second kappa shape index (κ2) is 23.9. The number of sulfonamides is 2. The molecule has 1 aromatic carbocycles. The number of esters is 1. The number of nitrogens with one attached hydrogen (secondary N) is 4. The van der Waals surface area contributed by atoms with Gasteiger partial charge >= 0.3 is 12.0 Å². The first-order valence-corrected chi connectivity index (χ1v) is 25.9. The van der Waals surface area contributed by atoms with Crippen molar-refractivity contribution < 1.29 is 54.3 Å². The number of piperidine rings is 1. The van der Waals surface area contributed by atoms with Crippen LogP contribution in [0.4, 0.5) is 13.6 Å². The molecule has 1 heterocycles. The molecule has 1 aliphatic carbocycles. The van der Waals surface area contributed by atoms with E-state index in [1.165, 1.54) is 29.6 Å². The summed E-state index contributed by atoms with van der Waals surface area (Å²) >= 11 is 0. The Hall–Kier alpha value is -3.70. The molecule has 1 saturated heterocycles. The highest BCUT2D eigenvalue weighted by Crippen LogP contribution is 2.65. The number of ether oxygens (including phenoxy) is 1. The zero-order chi connectivity index (χ0) is 52.0. The van der Waals surface area contributed by atoms with Gasteiger partial charge < -0.3 is 36.6 Å². The normalized spacial score (nSPS) is 19.9. The average Bonchev–Trinajstić information content (AvgIpc) is 3.47. The van der Waals surface area contributed by atoms with Crippen LogP contribution in [0.1, 0.15) is 98.5 Å². The number of hydrogen-bond donors (Lipinski definition) is 5. The number of methoxy groups -OCH3 is 1. The third-order valence-electron chi connectivity index (χ3n) is 12.8. The van der Waals surface area contributed by atoms with Crippen LogP contribution in [0.15, 0.2) is 24.3 Å². The topological polar surface area (TPSA) is 247 Å². The van der Waals surface area contributed by atoms with Crippen LogP contribution in [0, 0.1) is 33.5 Å². The number of likely N-dealkylation sites (tertiary alicyclic amines) is 1. The van der Waals surface area contributed by atoms with Crippen LogP contribution in [0.3, 0.4) is 0 Å². The molecule has 1 aliphatic heterocycles. The van der Waals surface area contributed by atoms with Gasteiger partial charge in [0.1, 0.15) is 18.1 Å². The number of nitrogens with two attached hydrogens (primary N) is 1. The molecule has 1 saturated carbocycles. The van der Waals surface area contributed by atoms with Gasteiger partial charge in [0.15, 0.2) is 0 Å². The van der Waals surface area contributed by atoms with Crippen molar-refractivity contribution in [2.45, 2.75) is 126 Å². The van der Waals surface area contributed by atoms with E-state index in [1.807, 2.05) is 55.4 Å². The van der Waals surface area contributed by atoms with Gasteiger partial charge in [0.05, 0.1) is 25.2 Å². The molecule has 6 N–H and O–H groups in total. The first kappa shape index (κ1) is 62.3. The highest BCUT2D eigenvalue weighted by atomic mass is 35.5. The average molecular weight is 1030 g/mol. The summed E-state index contributed by atoms with van der Waals surface area (Å²) in [4.78, 5) is 68.1. The minimum Gasteiger partial charge on any atom is -0.465 e. The summed E-state index contributed by atoms with van der Waals surface area (Å²) in [6, 6.07) is 1.20. The molecule has 0 aromatic heterocycles. The Morgan fingerprint density at radius 2 is 1.35 bits per heavy atom. The Bertz CT molecular complexity index is 2130. The van der Waals surface area contributed by atoms with Crippen LogP contribution in [0.25, 0.3) is 0 Å². The largest absolute Gasteiger partial charge is 0.465 e. The van der Waals surface area contributed by atoms with Crippen LogP contribution in [0.2, 0.25) is 0 Å². The number of alkyl halides is 2. The summed E-state index contributed by atoms with van der Waals surface area (Å²) in [5.74, 6) is -2.98. The van der Waals surface area contributed by atoms with E-state index in [-0.39, 0.29) is 60.7 Å². The van der Waals surface area contributed by atoms with Crippen molar-refractivity contribution in [1.82, 2.24) is 34.8 Å². The van der Waals surface area contributed by atoms with Gasteiger partial charge in [-0.1, -0.05) is 88.3 Å². The number of benzene rings is 1. The molecule has 18 nitrogen and oxygen atoms in total. The molecular weight excluding hydrogens is 950 g/mol. The zero-order valence-corrected chi connectivity index (χ0v) is 45.1. The number of rotatable bonds is 18. The number of hydrogen-bond acceptors (Lipinski definition) is 11. The van der Waals surface area contributed by atoms with E-state index in [1.54, 1.807) is 52.1 Å². The SMILES string of the molecule is CN(C[C@@H](N)C(C)(C)C)S(C)(=O)=O.COC(=O)c1ccc(CCNC(=O)[C@H](CC(F)F)NC(=O)[C@@H]2C3C(CN2C(=O)[C@@H](NC(=O)N[C@H](CN(C)S(C)(=O)=O)C(C)(C)C)C(C)(C)C)C3(C)C)cc1.Cl. The van der Waals surface area contributed by atoms with Gasteiger partial charge in [-0.3, -0.25) is 14.4 Å². The molecular formula is C45H79ClF2N8O10S2. The molecule has 392 valence electrons. The molecule has 2 aliphatic rings. The Labute approximate surface area is 409 Å². The number of fused-ring (bicyclic) bond motifs is 1. The molecule has 0 radical (unpaired) electrons. The first-order chi connectivity index (χ1) is 30.2. The zero-order valence-electron chi connectivity index (χ0n) is 42.7. The Kier molecular flexibility index (Phi) is 21.9. The summed E-state index contributed by atoms with van der Waals surface area (Å²) < 4.78 is 81.0. The number of halogens is 3. The summed E-state index contributed by atoms with van der Waals surface area (Å²) in [6.45, 7) is 21.3. The molecule has 7 atom stereocenters. The fraction of sp³-hybridized carbons (Fsp3) is 0.756. The minimum absolute atomic E-state index is 0. The second-order valence-electron chi connectivity index (χ2n) is 21.7. The summed E-state index contributed by atoms with van der Waals surface area (Å²) in [7, 11) is -2.44. The lowest BCUT2D eigenvalue weighted by Crippen LogP contribution is -2.62. The Morgan fingerprint density at radius 3 is 1.79 bits per heavy atom. The molecule has 68 heavy (non-hydrogen) atoms. The van der Waals surface area contributed by atoms with Gasteiger partial charge in [0.2, 0.25) is 44.2 Å². The summed E-state index contributed by atoms with van der Waals surface area (Å²) in [5, 5.41) is 10.7. The molecule has 23 heteroatoms. The van der Waals surface area contributed by atoms with Crippen molar-refractivity contribution in [2.75, 3.05) is 59.9 Å². The third-order valence-corrected chi connectivity index (χ3v) is 15.3. The van der Waals surface area contributed by atoms with Crippen molar-refractivity contribution in [3.05, 3.63) is 35.4 Å². The van der Waals surface area contributed by atoms with Crippen molar-refractivity contribution >= 4 is 62.2 Å². The van der Waals surface area contributed by atoms with Crippen LogP contribution < -0.4 is 27.0 Å². The predicted molar refractivity (Wildman–Crippen MR) is 261 cm³/mol. The number of amides is 5. The van der Waals surface area contributed by atoms with Gasteiger partial charge in [-0.05, 0) is 57.6 Å². The Balaban J connectivity index is 0.00000143. The predicted octanol–water partition coefficient (Wildman–Crippen LogP) is 3.45. The molecule has 1 aromatic rings. The van der Waals surface area contributed by atoms with Gasteiger partial charge in [-0.2, -0.15) is 0 Å². The van der Waals surface area contributed by atoms with Crippen LogP contribution in [-0.4, -0.2) is 157 Å². The monoisotopic (exact) mass is 1030 g/mol. The van der Waals surface area contributed by atoms with E-state index in [0.717, 1.165) is 16.1 Å². The van der Waals surface area contributed by atoms with Gasteiger partial charge in [-0.25, -0.2) is 43.8 Å². The molecule has 3 rings (SSSR count). The maximum atomic E-state index is 14.4. The van der Waals surface area contributed by atoms with Gasteiger partial charge in [0.25, 0.3) is 0 Å². The first-order valence-electron chi connectivity index (χ1n) is 22.2. The fourth-order valence-corrected chi connectivity index (χ4v) is 8.47. The molecule has 5 amide bonds. The molecule has 2 fully saturated rings. The number of nitrogens with zero attached hydrogens (tertiary/aromatic N) is 3. The lowest BCUT2D eigenvalue weighted by molar-refractivity contribution is -0.144. The number of carbonyl (C=O) groups excluding carboxylic acids is 5. The number of carbonyl (C=O) groups is 5. The summed E-state index contributed by atoms with van der Waals surface area (Å²) in [6.07, 6.45) is -1.29. The van der Waals surface area contributed by atoms with Crippen LogP contribution in [-0.2, 0) is 45.6 Å². The van der Waals surface area contributed by atoms with E-state index < -0.39 is 97.6 Å². The van der Waals surface area contributed by atoms with E-state index >= 15 is 0 Å². The standard InChI is InChI=1S/C37H58F2N6O8S.C8H20N2O2S.ClH/c1-35(2,3)25(20-44(9)54(11,51)52)42-34(50)43-29(36(4,5)6)32(48)45-19-23-27(37(23,7)8)28(45)31(47)41-24(18-26(38)39)30(46)40-17-16-21-12-14-22(15-13-21)33(49)53-10;1-8(2,3)7(9)6-10(4)13(5,11)12;/h12-15,23-29H,16-20H2,1-11H3,(H,40,46)(H,41,47)(H2,42,43,50);7H,6,9H2,1-5H3;1H/t23?,24-,25+,27?,28-,29+;7-;/m01./s1. The van der Waals surface area contributed by atoms with Crippen molar-refractivity contribution in [3.63, 3.8) is 0 Å². The van der Waals surface area contributed by atoms with Gasteiger partial charge in [-0.15, -0.1) is 12.4 Å². The number of urea groups is 1. The quantitative estimate of drug-likeness (QED) is 0.133. The van der Waals surface area contributed by atoms with Crippen LogP contribution in [0.5, 0.6) is 0 Å². The van der Waals surface area contributed by atoms with E-state index in [0.29, 0.717) is 18.5 Å².